The molecule has 1 aliphatic carbocycles. The van der Waals surface area contributed by atoms with Crippen molar-refractivity contribution in [2.45, 2.75) is 58.5 Å². The minimum absolute atomic E-state index is 0.0703. The van der Waals surface area contributed by atoms with Crippen molar-refractivity contribution in [1.29, 1.82) is 0 Å². The van der Waals surface area contributed by atoms with E-state index in [2.05, 4.69) is 18.7 Å². The van der Waals surface area contributed by atoms with Crippen LogP contribution in [0.4, 0.5) is 0 Å². The summed E-state index contributed by atoms with van der Waals surface area (Å²) in [6, 6.07) is 9.62. The van der Waals surface area contributed by atoms with Crippen molar-refractivity contribution < 1.29 is 23.5 Å². The van der Waals surface area contributed by atoms with Gasteiger partial charge in [-0.15, -0.1) is 0 Å². The summed E-state index contributed by atoms with van der Waals surface area (Å²) < 4.78 is 16.3. The van der Waals surface area contributed by atoms with E-state index >= 15 is 0 Å². The van der Waals surface area contributed by atoms with Crippen LogP contribution in [0.1, 0.15) is 62.1 Å². The molecule has 2 aromatic rings. The Morgan fingerprint density at radius 3 is 2.59 bits per heavy atom. The Kier molecular flexibility index (Phi) is 6.53. The number of hydrogen-bond donors (Lipinski definition) is 0. The molecule has 2 amide bonds. The van der Waals surface area contributed by atoms with Crippen LogP contribution in [0.2, 0.25) is 0 Å². The Hall–Kier alpha value is -2.96. The first-order valence-corrected chi connectivity index (χ1v) is 12.5. The highest BCUT2D eigenvalue weighted by Crippen LogP contribution is 2.37. The Bertz CT molecular complexity index is 1010. The fourth-order valence-corrected chi connectivity index (χ4v) is 5.71. The van der Waals surface area contributed by atoms with Crippen LogP contribution in [0.5, 0.6) is 11.5 Å². The Morgan fingerprint density at radius 1 is 1.03 bits per heavy atom. The molecule has 3 atom stereocenters. The standard InChI is InChI=1S/C27H34N2O5/c1-18-5-3-6-22(19(18)2)29(16-20-8-9-23-25(15-20)34-17-33-23)26(30)21-10-12-28(13-11-21)27(31)24-7-4-14-32-24/h4,7-9,14-15,18-19,21-22H,3,5-6,10-13,16-17H2,1-2H3/t18-,19+,22-/m1/s1. The van der Waals surface area contributed by atoms with Gasteiger partial charge in [-0.05, 0) is 60.9 Å². The van der Waals surface area contributed by atoms with Crippen LogP contribution >= 0.6 is 0 Å². The Morgan fingerprint density at radius 2 is 1.82 bits per heavy atom. The van der Waals surface area contributed by atoms with E-state index < -0.39 is 0 Å². The summed E-state index contributed by atoms with van der Waals surface area (Å²) in [5.74, 6) is 2.97. The van der Waals surface area contributed by atoms with E-state index in [4.69, 9.17) is 13.9 Å². The van der Waals surface area contributed by atoms with Gasteiger partial charge in [0.25, 0.3) is 5.91 Å². The molecule has 0 radical (unpaired) electrons. The van der Waals surface area contributed by atoms with Crippen molar-refractivity contribution in [1.82, 2.24) is 9.80 Å². The van der Waals surface area contributed by atoms with E-state index in [1.54, 1.807) is 17.0 Å². The molecule has 0 bridgehead atoms. The quantitative estimate of drug-likeness (QED) is 0.638. The first-order chi connectivity index (χ1) is 16.5. The van der Waals surface area contributed by atoms with Crippen molar-refractivity contribution in [3.05, 3.63) is 47.9 Å². The second-order valence-corrected chi connectivity index (χ2v) is 10.0. The first kappa shape index (κ1) is 22.8. The fraction of sp³-hybridized carbons (Fsp3) is 0.556. The van der Waals surface area contributed by atoms with Crippen molar-refractivity contribution >= 4 is 11.8 Å². The molecule has 0 N–H and O–H groups in total. The molecule has 0 unspecified atom stereocenters. The van der Waals surface area contributed by atoms with E-state index in [-0.39, 0.29) is 30.6 Å². The molecule has 2 aliphatic heterocycles. The minimum atomic E-state index is -0.0946. The molecular formula is C27H34N2O5. The number of benzene rings is 1. The zero-order chi connectivity index (χ0) is 23.7. The minimum Gasteiger partial charge on any atom is -0.459 e. The van der Waals surface area contributed by atoms with Gasteiger partial charge >= 0.3 is 0 Å². The first-order valence-electron chi connectivity index (χ1n) is 12.5. The smallest absolute Gasteiger partial charge is 0.289 e. The monoisotopic (exact) mass is 466 g/mol. The maximum atomic E-state index is 13.9. The second-order valence-electron chi connectivity index (χ2n) is 10.0. The SMILES string of the molecule is C[C@H]1[C@H](C)CCC[C@H]1N(Cc1ccc2c(c1)OCO2)C(=O)C1CCN(C(=O)c2ccco2)CC1. The summed E-state index contributed by atoms with van der Waals surface area (Å²) in [6.07, 6.45) is 6.29. The molecule has 3 heterocycles. The zero-order valence-electron chi connectivity index (χ0n) is 20.1. The molecular weight excluding hydrogens is 432 g/mol. The van der Waals surface area contributed by atoms with Gasteiger partial charge in [-0.3, -0.25) is 9.59 Å². The van der Waals surface area contributed by atoms with Crippen molar-refractivity contribution in [2.75, 3.05) is 19.9 Å². The number of carbonyl (C=O) groups excluding carboxylic acids is 2. The Labute approximate surface area is 201 Å². The highest BCUT2D eigenvalue weighted by molar-refractivity contribution is 5.91. The lowest BCUT2D eigenvalue weighted by atomic mass is 9.76. The summed E-state index contributed by atoms with van der Waals surface area (Å²) in [6.45, 7) is 6.56. The lowest BCUT2D eigenvalue weighted by molar-refractivity contribution is -0.142. The van der Waals surface area contributed by atoms with Crippen LogP contribution in [0.3, 0.4) is 0 Å². The van der Waals surface area contributed by atoms with E-state index in [1.807, 2.05) is 18.2 Å². The third-order valence-electron chi connectivity index (χ3n) is 8.00. The van der Waals surface area contributed by atoms with E-state index in [9.17, 15) is 9.59 Å². The predicted molar refractivity (Wildman–Crippen MR) is 126 cm³/mol. The number of carbonyl (C=O) groups is 2. The number of likely N-dealkylation sites (tertiary alicyclic amines) is 1. The van der Waals surface area contributed by atoms with Crippen LogP contribution < -0.4 is 9.47 Å². The number of piperidine rings is 1. The summed E-state index contributed by atoms with van der Waals surface area (Å²) in [4.78, 5) is 30.5. The van der Waals surface area contributed by atoms with Crippen LogP contribution in [0, 0.1) is 17.8 Å². The Balaban J connectivity index is 1.31. The van der Waals surface area contributed by atoms with Crippen LogP contribution in [-0.4, -0.2) is 47.5 Å². The number of rotatable bonds is 5. The van der Waals surface area contributed by atoms with E-state index in [1.165, 1.54) is 12.7 Å². The van der Waals surface area contributed by atoms with Crippen molar-refractivity contribution in [3.8, 4) is 11.5 Å². The third-order valence-corrected chi connectivity index (χ3v) is 8.00. The van der Waals surface area contributed by atoms with Gasteiger partial charge in [-0.1, -0.05) is 32.8 Å². The van der Waals surface area contributed by atoms with Gasteiger partial charge in [0.05, 0.1) is 6.26 Å². The average molecular weight is 467 g/mol. The molecule has 1 aromatic heterocycles. The molecule has 182 valence electrons. The van der Waals surface area contributed by atoms with Crippen LogP contribution in [0.25, 0.3) is 0 Å². The molecule has 0 spiro atoms. The molecule has 1 saturated heterocycles. The third kappa shape index (κ3) is 4.52. The van der Waals surface area contributed by atoms with Gasteiger partial charge in [-0.2, -0.15) is 0 Å². The molecule has 1 saturated carbocycles. The van der Waals surface area contributed by atoms with Gasteiger partial charge in [0.1, 0.15) is 0 Å². The molecule has 3 aliphatic rings. The maximum Gasteiger partial charge on any atom is 0.289 e. The number of ether oxygens (including phenoxy) is 2. The molecule has 2 fully saturated rings. The largest absolute Gasteiger partial charge is 0.459 e. The zero-order valence-corrected chi connectivity index (χ0v) is 20.1. The topological polar surface area (TPSA) is 72.2 Å². The maximum absolute atomic E-state index is 13.9. The number of fused-ring (bicyclic) bond motifs is 1. The van der Waals surface area contributed by atoms with Crippen molar-refractivity contribution in [3.63, 3.8) is 0 Å². The summed E-state index contributed by atoms with van der Waals surface area (Å²) in [5, 5.41) is 0. The average Bonchev–Trinajstić information content (AvgIpc) is 3.56. The normalized spacial score (nSPS) is 24.8. The molecule has 34 heavy (non-hydrogen) atoms. The number of furan rings is 1. The summed E-state index contributed by atoms with van der Waals surface area (Å²) in [5.41, 5.74) is 1.06. The highest BCUT2D eigenvalue weighted by atomic mass is 16.7. The lowest BCUT2D eigenvalue weighted by Crippen LogP contribution is -2.51. The van der Waals surface area contributed by atoms with Gasteiger partial charge in [0.15, 0.2) is 17.3 Å². The lowest BCUT2D eigenvalue weighted by Gasteiger charge is -2.44. The summed E-state index contributed by atoms with van der Waals surface area (Å²) in [7, 11) is 0. The summed E-state index contributed by atoms with van der Waals surface area (Å²) >= 11 is 0. The van der Waals surface area contributed by atoms with Gasteiger partial charge in [-0.25, -0.2) is 0 Å². The van der Waals surface area contributed by atoms with E-state index in [0.29, 0.717) is 50.1 Å². The van der Waals surface area contributed by atoms with Gasteiger partial charge in [0.2, 0.25) is 12.7 Å². The molecule has 7 heteroatoms. The number of nitrogens with zero attached hydrogens (tertiary/aromatic N) is 2. The van der Waals surface area contributed by atoms with Crippen LogP contribution in [0.15, 0.2) is 41.0 Å². The number of amides is 2. The van der Waals surface area contributed by atoms with Crippen molar-refractivity contribution in [2.24, 2.45) is 17.8 Å². The van der Waals surface area contributed by atoms with E-state index in [0.717, 1.165) is 29.9 Å². The number of hydrogen-bond acceptors (Lipinski definition) is 5. The van der Waals surface area contributed by atoms with Crippen LogP contribution in [-0.2, 0) is 11.3 Å². The highest BCUT2D eigenvalue weighted by Gasteiger charge is 2.38. The molecule has 7 nitrogen and oxygen atoms in total. The fourth-order valence-electron chi connectivity index (χ4n) is 5.71. The van der Waals surface area contributed by atoms with Gasteiger partial charge < -0.3 is 23.7 Å². The van der Waals surface area contributed by atoms with Gasteiger partial charge in [0, 0.05) is 31.6 Å². The molecule has 5 rings (SSSR count). The second kappa shape index (κ2) is 9.72. The molecule has 1 aromatic carbocycles. The predicted octanol–water partition coefficient (Wildman–Crippen LogP) is 4.71.